The van der Waals surface area contributed by atoms with Gasteiger partial charge in [-0.3, -0.25) is 0 Å². The van der Waals surface area contributed by atoms with E-state index in [0.717, 1.165) is 5.56 Å². The first-order valence-corrected chi connectivity index (χ1v) is 6.19. The second-order valence-electron chi connectivity index (χ2n) is 3.99. The zero-order chi connectivity index (χ0) is 14.5. The van der Waals surface area contributed by atoms with Crippen LogP contribution in [-0.2, 0) is 6.42 Å². The first kappa shape index (κ1) is 13.9. The summed E-state index contributed by atoms with van der Waals surface area (Å²) in [4.78, 5) is 8.09. The molecule has 0 atom stereocenters. The monoisotopic (exact) mass is 275 g/mol. The number of nitrogens with zero attached hydrogens (tertiary/aromatic N) is 2. The zero-order valence-corrected chi connectivity index (χ0v) is 11.7. The van der Waals surface area contributed by atoms with Crippen LogP contribution >= 0.6 is 0 Å². The van der Waals surface area contributed by atoms with Gasteiger partial charge in [0.2, 0.25) is 11.6 Å². The van der Waals surface area contributed by atoms with Crippen molar-refractivity contribution in [3.05, 3.63) is 30.1 Å². The second-order valence-corrected chi connectivity index (χ2v) is 3.99. The summed E-state index contributed by atoms with van der Waals surface area (Å²) in [5, 5.41) is 0. The molecule has 0 radical (unpaired) electrons. The Bertz CT molecular complexity index is 580. The van der Waals surface area contributed by atoms with Crippen molar-refractivity contribution >= 4 is 5.82 Å². The molecule has 0 aliphatic carbocycles. The van der Waals surface area contributed by atoms with E-state index in [1.165, 1.54) is 6.33 Å². The van der Waals surface area contributed by atoms with Crippen LogP contribution < -0.4 is 19.9 Å². The highest BCUT2D eigenvalue weighted by Crippen LogP contribution is 2.40. The fraction of sp³-hybridized carbons (Fsp3) is 0.286. The molecule has 20 heavy (non-hydrogen) atoms. The molecule has 2 N–H and O–H groups in total. The number of hydrogen-bond acceptors (Lipinski definition) is 6. The van der Waals surface area contributed by atoms with Crippen molar-refractivity contribution in [3.63, 3.8) is 0 Å². The molecular formula is C14H17N3O3. The van der Waals surface area contributed by atoms with Crippen LogP contribution in [0.4, 0.5) is 5.82 Å². The van der Waals surface area contributed by atoms with Crippen molar-refractivity contribution in [2.24, 2.45) is 0 Å². The van der Waals surface area contributed by atoms with Crippen molar-refractivity contribution in [2.75, 3.05) is 20.0 Å². The first-order chi connectivity index (χ1) is 9.71. The number of benzene rings is 1. The molecule has 0 amide bonds. The Labute approximate surface area is 117 Å². The average Bonchev–Trinajstić information content (AvgIpc) is 2.47. The van der Waals surface area contributed by atoms with Crippen LogP contribution in [0, 0.1) is 0 Å². The van der Waals surface area contributed by atoms with Crippen molar-refractivity contribution in [3.8, 4) is 23.1 Å². The maximum atomic E-state index is 5.84. The van der Waals surface area contributed by atoms with Crippen molar-refractivity contribution < 1.29 is 14.2 Å². The topological polar surface area (TPSA) is 79.5 Å². The Morgan fingerprint density at radius 1 is 1.10 bits per heavy atom. The molecule has 0 aliphatic rings. The molecule has 2 aromatic rings. The minimum Gasteiger partial charge on any atom is -0.493 e. The number of anilines is 1. The summed E-state index contributed by atoms with van der Waals surface area (Å²) in [5.74, 6) is 2.40. The van der Waals surface area contributed by atoms with E-state index in [0.29, 0.717) is 35.4 Å². The van der Waals surface area contributed by atoms with E-state index in [4.69, 9.17) is 19.9 Å². The molecular weight excluding hydrogens is 258 g/mol. The minimum atomic E-state index is 0.405. The summed E-state index contributed by atoms with van der Waals surface area (Å²) in [6.07, 6.45) is 2.03. The summed E-state index contributed by atoms with van der Waals surface area (Å²) < 4.78 is 16.4. The molecule has 1 aromatic heterocycles. The maximum absolute atomic E-state index is 5.84. The van der Waals surface area contributed by atoms with Gasteiger partial charge in [-0.1, -0.05) is 13.0 Å². The highest BCUT2D eigenvalue weighted by atomic mass is 16.5. The van der Waals surface area contributed by atoms with Gasteiger partial charge in [0.15, 0.2) is 11.5 Å². The van der Waals surface area contributed by atoms with Crippen LogP contribution in [0.15, 0.2) is 24.5 Å². The predicted octanol–water partition coefficient (Wildman–Crippen LogP) is 2.43. The molecule has 1 aromatic carbocycles. The fourth-order valence-corrected chi connectivity index (χ4v) is 1.84. The van der Waals surface area contributed by atoms with Gasteiger partial charge in [-0.05, 0) is 18.6 Å². The smallest absolute Gasteiger partial charge is 0.228 e. The molecule has 6 heteroatoms. The average molecular weight is 275 g/mol. The van der Waals surface area contributed by atoms with Gasteiger partial charge < -0.3 is 19.9 Å². The van der Waals surface area contributed by atoms with E-state index < -0.39 is 0 Å². The summed E-state index contributed by atoms with van der Waals surface area (Å²) >= 11 is 0. The number of aromatic nitrogens is 2. The van der Waals surface area contributed by atoms with Gasteiger partial charge in [-0.2, -0.15) is 0 Å². The lowest BCUT2D eigenvalue weighted by molar-refractivity contribution is 0.340. The molecule has 0 saturated carbocycles. The molecule has 0 unspecified atom stereocenters. The number of ether oxygens (including phenoxy) is 3. The van der Waals surface area contributed by atoms with Gasteiger partial charge >= 0.3 is 0 Å². The number of rotatable bonds is 5. The Hall–Kier alpha value is -2.50. The normalized spacial score (nSPS) is 10.2. The number of para-hydroxylation sites is 1. The Morgan fingerprint density at radius 2 is 1.75 bits per heavy atom. The van der Waals surface area contributed by atoms with Crippen LogP contribution in [0.5, 0.6) is 23.1 Å². The third-order valence-electron chi connectivity index (χ3n) is 2.87. The van der Waals surface area contributed by atoms with E-state index in [1.54, 1.807) is 26.4 Å². The Morgan fingerprint density at radius 3 is 2.30 bits per heavy atom. The van der Waals surface area contributed by atoms with Crippen molar-refractivity contribution in [1.29, 1.82) is 0 Å². The fourth-order valence-electron chi connectivity index (χ4n) is 1.84. The van der Waals surface area contributed by atoms with Crippen molar-refractivity contribution in [1.82, 2.24) is 9.97 Å². The first-order valence-electron chi connectivity index (χ1n) is 6.19. The van der Waals surface area contributed by atoms with Crippen LogP contribution in [-0.4, -0.2) is 24.2 Å². The minimum absolute atomic E-state index is 0.405. The van der Waals surface area contributed by atoms with Crippen LogP contribution in [0.1, 0.15) is 12.5 Å². The molecule has 2 rings (SSSR count). The number of methoxy groups -OCH3 is 2. The zero-order valence-electron chi connectivity index (χ0n) is 11.7. The largest absolute Gasteiger partial charge is 0.493 e. The molecule has 6 nitrogen and oxygen atoms in total. The molecule has 0 saturated heterocycles. The molecule has 0 fully saturated rings. The van der Waals surface area contributed by atoms with Crippen LogP contribution in [0.2, 0.25) is 0 Å². The summed E-state index contributed by atoms with van der Waals surface area (Å²) in [5.41, 5.74) is 6.58. The molecule has 0 aliphatic heterocycles. The number of nitrogens with two attached hydrogens (primary N) is 1. The number of nitrogen functional groups attached to an aromatic ring is 1. The van der Waals surface area contributed by atoms with E-state index in [-0.39, 0.29) is 0 Å². The molecule has 106 valence electrons. The van der Waals surface area contributed by atoms with E-state index in [1.807, 2.05) is 13.0 Å². The highest BCUT2D eigenvalue weighted by molar-refractivity contribution is 5.54. The van der Waals surface area contributed by atoms with Crippen LogP contribution in [0.25, 0.3) is 0 Å². The van der Waals surface area contributed by atoms with Gasteiger partial charge in [0.05, 0.1) is 19.8 Å². The molecule has 0 bridgehead atoms. The van der Waals surface area contributed by atoms with Gasteiger partial charge in [0.25, 0.3) is 0 Å². The predicted molar refractivity (Wildman–Crippen MR) is 75.4 cm³/mol. The van der Waals surface area contributed by atoms with E-state index in [2.05, 4.69) is 9.97 Å². The number of hydrogen-bond donors (Lipinski definition) is 1. The standard InChI is InChI=1S/C14H17N3O3/c1-4-9-13(15)16-8-17-14(9)20-12-10(18-2)6-5-7-11(12)19-3/h5-8H,4H2,1-3H3,(H2,15,16,17). The molecule has 1 heterocycles. The lowest BCUT2D eigenvalue weighted by Gasteiger charge is -2.15. The lowest BCUT2D eigenvalue weighted by Crippen LogP contribution is -2.03. The third kappa shape index (κ3) is 2.59. The van der Waals surface area contributed by atoms with Crippen LogP contribution in [0.3, 0.4) is 0 Å². The van der Waals surface area contributed by atoms with Crippen molar-refractivity contribution in [2.45, 2.75) is 13.3 Å². The maximum Gasteiger partial charge on any atom is 0.228 e. The van der Waals surface area contributed by atoms with E-state index >= 15 is 0 Å². The van der Waals surface area contributed by atoms with Gasteiger partial charge in [0.1, 0.15) is 12.1 Å². The lowest BCUT2D eigenvalue weighted by atomic mass is 10.2. The van der Waals surface area contributed by atoms with E-state index in [9.17, 15) is 0 Å². The van der Waals surface area contributed by atoms with Gasteiger partial charge in [-0.25, -0.2) is 9.97 Å². The SMILES string of the molecule is CCc1c(N)ncnc1Oc1c(OC)cccc1OC. The summed E-state index contributed by atoms with van der Waals surface area (Å²) in [6.45, 7) is 1.96. The Kier molecular flexibility index (Phi) is 4.24. The summed E-state index contributed by atoms with van der Waals surface area (Å²) in [7, 11) is 3.13. The summed E-state index contributed by atoms with van der Waals surface area (Å²) in [6, 6.07) is 5.39. The van der Waals surface area contributed by atoms with Gasteiger partial charge in [0, 0.05) is 0 Å². The molecule has 0 spiro atoms. The van der Waals surface area contributed by atoms with Gasteiger partial charge in [-0.15, -0.1) is 0 Å². The highest BCUT2D eigenvalue weighted by Gasteiger charge is 2.16. The second kappa shape index (κ2) is 6.10. The third-order valence-corrected chi connectivity index (χ3v) is 2.87. The Balaban J connectivity index is 2.47. The quantitative estimate of drug-likeness (QED) is 0.902.